The van der Waals surface area contributed by atoms with E-state index in [0.29, 0.717) is 37.6 Å². The predicted molar refractivity (Wildman–Crippen MR) is 75.2 cm³/mol. The van der Waals surface area contributed by atoms with Crippen LogP contribution >= 0.6 is 0 Å². The van der Waals surface area contributed by atoms with Gasteiger partial charge in [0.25, 0.3) is 0 Å². The van der Waals surface area contributed by atoms with Crippen molar-refractivity contribution in [1.29, 1.82) is 0 Å². The van der Waals surface area contributed by atoms with Gasteiger partial charge in [-0.1, -0.05) is 6.07 Å². The first-order valence-corrected chi connectivity index (χ1v) is 6.68. The lowest BCUT2D eigenvalue weighted by molar-refractivity contribution is -0.133. The number of carbonyl (C=O) groups excluding carboxylic acids is 2. The zero-order valence-corrected chi connectivity index (χ0v) is 11.3. The molecule has 0 bridgehead atoms. The highest BCUT2D eigenvalue weighted by atomic mass is 16.5. The second-order valence-corrected chi connectivity index (χ2v) is 4.69. The smallest absolute Gasteiger partial charge is 0.239 e. The lowest BCUT2D eigenvalue weighted by Gasteiger charge is -2.15. The van der Waals surface area contributed by atoms with Gasteiger partial charge in [0.1, 0.15) is 12.4 Å². The maximum absolute atomic E-state index is 11.6. The van der Waals surface area contributed by atoms with E-state index in [0.717, 1.165) is 6.42 Å². The van der Waals surface area contributed by atoms with Crippen LogP contribution in [0.15, 0.2) is 24.3 Å². The molecule has 20 heavy (non-hydrogen) atoms. The highest BCUT2D eigenvalue weighted by Gasteiger charge is 2.21. The van der Waals surface area contributed by atoms with E-state index in [1.807, 2.05) is 6.07 Å². The quantitative estimate of drug-likeness (QED) is 0.582. The van der Waals surface area contributed by atoms with Crippen LogP contribution in [0.3, 0.4) is 0 Å². The second-order valence-electron chi connectivity index (χ2n) is 4.69. The molecule has 0 atom stereocenters. The van der Waals surface area contributed by atoms with Crippen molar-refractivity contribution in [3.05, 3.63) is 24.3 Å². The van der Waals surface area contributed by atoms with E-state index in [-0.39, 0.29) is 18.4 Å². The number of benzene rings is 1. The Morgan fingerprint density at radius 1 is 1.45 bits per heavy atom. The maximum Gasteiger partial charge on any atom is 0.239 e. The summed E-state index contributed by atoms with van der Waals surface area (Å²) in [4.78, 5) is 24.6. The number of ether oxygens (including phenoxy) is 1. The van der Waals surface area contributed by atoms with E-state index in [4.69, 9.17) is 10.5 Å². The molecule has 2 rings (SSSR count). The van der Waals surface area contributed by atoms with Crippen LogP contribution < -0.4 is 15.8 Å². The van der Waals surface area contributed by atoms with Crippen LogP contribution in [0.2, 0.25) is 0 Å². The van der Waals surface area contributed by atoms with E-state index in [9.17, 15) is 9.59 Å². The summed E-state index contributed by atoms with van der Waals surface area (Å²) >= 11 is 0. The average Bonchev–Trinajstić information content (AvgIpc) is 2.80. The third-order valence-corrected chi connectivity index (χ3v) is 3.06. The van der Waals surface area contributed by atoms with E-state index in [2.05, 4.69) is 5.32 Å². The summed E-state index contributed by atoms with van der Waals surface area (Å²) in [7, 11) is 0. The monoisotopic (exact) mass is 277 g/mol. The molecule has 0 aliphatic carbocycles. The molecule has 3 N–H and O–H groups in total. The highest BCUT2D eigenvalue weighted by molar-refractivity contribution is 5.85. The molecule has 0 aromatic heterocycles. The third-order valence-electron chi connectivity index (χ3n) is 3.06. The minimum absolute atomic E-state index is 0.0520. The number of anilines is 1. The number of nitrogens with zero attached hydrogens (tertiary/aromatic N) is 1. The molecule has 2 amide bonds. The Hall–Kier alpha value is -2.24. The lowest BCUT2D eigenvalue weighted by atomic mass is 10.3. The van der Waals surface area contributed by atoms with Gasteiger partial charge in [-0.25, -0.2) is 0 Å². The number of hydrogen-bond donors (Lipinski definition) is 2. The molecule has 1 aromatic carbocycles. The molecule has 1 aromatic rings. The minimum atomic E-state index is -0.156. The topological polar surface area (TPSA) is 84.7 Å². The molecule has 108 valence electrons. The number of amides is 2. The van der Waals surface area contributed by atoms with Crippen LogP contribution in [0.5, 0.6) is 5.75 Å². The molecule has 0 unspecified atom stereocenters. The van der Waals surface area contributed by atoms with Crippen LogP contribution in [-0.4, -0.2) is 43.0 Å². The number of nitrogens with two attached hydrogens (primary N) is 1. The molecule has 0 spiro atoms. The van der Waals surface area contributed by atoms with E-state index >= 15 is 0 Å². The zero-order valence-electron chi connectivity index (χ0n) is 11.3. The number of nitrogens with one attached hydrogen (secondary N) is 1. The molecule has 1 aliphatic rings. The fourth-order valence-corrected chi connectivity index (χ4v) is 2.06. The summed E-state index contributed by atoms with van der Waals surface area (Å²) in [6.45, 7) is 1.57. The summed E-state index contributed by atoms with van der Waals surface area (Å²) in [5, 5.41) is 2.73. The van der Waals surface area contributed by atoms with Gasteiger partial charge in [0, 0.05) is 24.7 Å². The highest BCUT2D eigenvalue weighted by Crippen LogP contribution is 2.13. The van der Waals surface area contributed by atoms with Gasteiger partial charge < -0.3 is 20.7 Å². The number of likely N-dealkylation sites (tertiary alicyclic amines) is 1. The molecule has 6 heteroatoms. The van der Waals surface area contributed by atoms with Gasteiger partial charge in [0.05, 0.1) is 13.1 Å². The van der Waals surface area contributed by atoms with Crippen molar-refractivity contribution >= 4 is 17.5 Å². The third kappa shape index (κ3) is 4.15. The van der Waals surface area contributed by atoms with Crippen molar-refractivity contribution in [2.75, 3.05) is 32.0 Å². The normalized spacial score (nSPS) is 14.4. The van der Waals surface area contributed by atoms with Crippen molar-refractivity contribution in [2.45, 2.75) is 12.8 Å². The average molecular weight is 277 g/mol. The Kier molecular flexibility index (Phi) is 4.81. The Labute approximate surface area is 117 Å². The Balaban J connectivity index is 1.63. The summed E-state index contributed by atoms with van der Waals surface area (Å²) < 4.78 is 5.45. The molecular weight excluding hydrogens is 258 g/mol. The minimum Gasteiger partial charge on any atom is -0.492 e. The van der Waals surface area contributed by atoms with Crippen LogP contribution in [0, 0.1) is 0 Å². The number of carbonyl (C=O) groups is 2. The number of nitrogen functional groups attached to an aromatic ring is 1. The number of hydrogen-bond acceptors (Lipinski definition) is 4. The summed E-state index contributed by atoms with van der Waals surface area (Å²) in [5.74, 6) is 0.571. The molecule has 0 saturated carbocycles. The van der Waals surface area contributed by atoms with Crippen molar-refractivity contribution in [3.8, 4) is 5.75 Å². The van der Waals surface area contributed by atoms with Gasteiger partial charge in [-0.05, 0) is 18.6 Å². The van der Waals surface area contributed by atoms with Crippen molar-refractivity contribution in [2.24, 2.45) is 0 Å². The van der Waals surface area contributed by atoms with Crippen LogP contribution in [0.4, 0.5) is 5.69 Å². The Bertz CT molecular complexity index is 490. The van der Waals surface area contributed by atoms with Crippen LogP contribution in [0.1, 0.15) is 12.8 Å². The Morgan fingerprint density at radius 3 is 3.00 bits per heavy atom. The first-order valence-electron chi connectivity index (χ1n) is 6.68. The van der Waals surface area contributed by atoms with Crippen LogP contribution in [0.25, 0.3) is 0 Å². The fourth-order valence-electron chi connectivity index (χ4n) is 2.06. The SMILES string of the molecule is Nc1cccc(OCCNC(=O)CN2CCCC2=O)c1. The first-order chi connectivity index (χ1) is 9.65. The Morgan fingerprint density at radius 2 is 2.30 bits per heavy atom. The van der Waals surface area contributed by atoms with Gasteiger partial charge in [0.2, 0.25) is 11.8 Å². The maximum atomic E-state index is 11.6. The summed E-state index contributed by atoms with van der Waals surface area (Å²) in [6.07, 6.45) is 1.39. The second kappa shape index (κ2) is 6.79. The van der Waals surface area contributed by atoms with Gasteiger partial charge in [-0.15, -0.1) is 0 Å². The zero-order chi connectivity index (χ0) is 14.4. The largest absolute Gasteiger partial charge is 0.492 e. The van der Waals surface area contributed by atoms with Gasteiger partial charge in [-0.3, -0.25) is 9.59 Å². The molecule has 1 saturated heterocycles. The molecule has 0 radical (unpaired) electrons. The van der Waals surface area contributed by atoms with E-state index < -0.39 is 0 Å². The van der Waals surface area contributed by atoms with E-state index in [1.54, 1.807) is 23.1 Å². The summed E-state index contributed by atoms with van der Waals surface area (Å²) in [5.41, 5.74) is 6.27. The molecule has 6 nitrogen and oxygen atoms in total. The lowest BCUT2D eigenvalue weighted by Crippen LogP contribution is -2.39. The predicted octanol–water partition coefficient (Wildman–Crippen LogP) is 0.386. The standard InChI is InChI=1S/C14H19N3O3/c15-11-3-1-4-12(9-11)20-8-6-16-13(18)10-17-7-2-5-14(17)19/h1,3-4,9H,2,5-8,10,15H2,(H,16,18). The van der Waals surface area contributed by atoms with Gasteiger partial charge >= 0.3 is 0 Å². The molecule has 1 fully saturated rings. The molecular formula is C14H19N3O3. The molecule has 1 aliphatic heterocycles. The van der Waals surface area contributed by atoms with Crippen LogP contribution in [-0.2, 0) is 9.59 Å². The van der Waals surface area contributed by atoms with Crippen molar-refractivity contribution in [1.82, 2.24) is 10.2 Å². The van der Waals surface area contributed by atoms with Crippen molar-refractivity contribution < 1.29 is 14.3 Å². The fraction of sp³-hybridized carbons (Fsp3) is 0.429. The first kappa shape index (κ1) is 14.2. The summed E-state index contributed by atoms with van der Waals surface area (Å²) in [6, 6.07) is 7.12. The van der Waals surface area contributed by atoms with E-state index in [1.165, 1.54) is 0 Å². The van der Waals surface area contributed by atoms with Gasteiger partial charge in [-0.2, -0.15) is 0 Å². The van der Waals surface area contributed by atoms with Crippen molar-refractivity contribution in [3.63, 3.8) is 0 Å². The molecule has 1 heterocycles. The van der Waals surface area contributed by atoms with Gasteiger partial charge in [0.15, 0.2) is 0 Å². The number of rotatable bonds is 6.